The Balaban J connectivity index is 1.92. The predicted octanol–water partition coefficient (Wildman–Crippen LogP) is 5.35. The van der Waals surface area contributed by atoms with Crippen molar-refractivity contribution in [2.24, 2.45) is 16.7 Å². The van der Waals surface area contributed by atoms with E-state index in [4.69, 9.17) is 19.6 Å². The van der Waals surface area contributed by atoms with Crippen LogP contribution in [-0.4, -0.2) is 12.5 Å². The lowest BCUT2D eigenvalue weighted by molar-refractivity contribution is -0.288. The van der Waals surface area contributed by atoms with Gasteiger partial charge in [-0.15, -0.1) is 0 Å². The second-order valence-corrected chi connectivity index (χ2v) is 9.11. The molecule has 7 nitrogen and oxygen atoms in total. The fourth-order valence-electron chi connectivity index (χ4n) is 4.81. The van der Waals surface area contributed by atoms with Crippen molar-refractivity contribution in [3.8, 4) is 24.0 Å². The molecule has 2 aromatic rings. The zero-order valence-corrected chi connectivity index (χ0v) is 19.7. The van der Waals surface area contributed by atoms with Gasteiger partial charge in [0.15, 0.2) is 5.41 Å². The molecule has 4 unspecified atom stereocenters. The van der Waals surface area contributed by atoms with E-state index in [1.54, 1.807) is 43.3 Å². The molecule has 2 aliphatic rings. The quantitative estimate of drug-likeness (QED) is 0.585. The van der Waals surface area contributed by atoms with Crippen molar-refractivity contribution in [2.75, 3.05) is 6.61 Å². The average molecular weight is 505 g/mol. The minimum atomic E-state index is -2.00. The third-order valence-electron chi connectivity index (χ3n) is 6.57. The molecule has 2 fully saturated rings. The molecule has 166 valence electrons. The molecule has 2 aliphatic heterocycles. The Morgan fingerprint density at radius 3 is 2.21 bits per heavy atom. The van der Waals surface area contributed by atoms with Gasteiger partial charge in [-0.2, -0.15) is 15.8 Å². The SMILES string of the molecule is CCCOc1ccc(C2OC3(c4ccc(Br)cc4)OC(=N)C(C#N)(C3C)C2(C#N)C#N)cc1. The summed E-state index contributed by atoms with van der Waals surface area (Å²) in [6.45, 7) is 4.26. The highest BCUT2D eigenvalue weighted by Crippen LogP contribution is 2.69. The van der Waals surface area contributed by atoms with Gasteiger partial charge in [-0.3, -0.25) is 5.41 Å². The summed E-state index contributed by atoms with van der Waals surface area (Å²) in [6, 6.07) is 20.4. The molecule has 2 aromatic carbocycles. The summed E-state index contributed by atoms with van der Waals surface area (Å²) >= 11 is 3.41. The largest absolute Gasteiger partial charge is 0.494 e. The van der Waals surface area contributed by atoms with Gasteiger partial charge in [-0.05, 0) is 36.2 Å². The van der Waals surface area contributed by atoms with Gasteiger partial charge in [0.2, 0.25) is 17.1 Å². The normalized spacial score (nSPS) is 29.3. The van der Waals surface area contributed by atoms with E-state index in [0.29, 0.717) is 23.5 Å². The Hall–Kier alpha value is -3.38. The number of benzene rings is 2. The number of nitrogens with zero attached hydrogens (tertiary/aromatic N) is 3. The van der Waals surface area contributed by atoms with Crippen LogP contribution < -0.4 is 4.74 Å². The third-order valence-corrected chi connectivity index (χ3v) is 7.10. The number of hydrogen-bond donors (Lipinski definition) is 1. The summed E-state index contributed by atoms with van der Waals surface area (Å²) in [5.74, 6) is -2.10. The van der Waals surface area contributed by atoms with Crippen LogP contribution in [0.4, 0.5) is 0 Å². The first-order chi connectivity index (χ1) is 15.8. The van der Waals surface area contributed by atoms with Crippen LogP contribution in [0.25, 0.3) is 0 Å². The Bertz CT molecular complexity index is 1190. The van der Waals surface area contributed by atoms with Crippen molar-refractivity contribution in [1.29, 1.82) is 21.2 Å². The van der Waals surface area contributed by atoms with Crippen molar-refractivity contribution in [2.45, 2.75) is 32.2 Å². The average Bonchev–Trinajstić information content (AvgIpc) is 3.00. The lowest BCUT2D eigenvalue weighted by Crippen LogP contribution is -2.57. The van der Waals surface area contributed by atoms with E-state index in [9.17, 15) is 15.8 Å². The third kappa shape index (κ3) is 2.97. The monoisotopic (exact) mass is 504 g/mol. The van der Waals surface area contributed by atoms with E-state index in [-0.39, 0.29) is 0 Å². The van der Waals surface area contributed by atoms with Crippen LogP contribution in [0, 0.1) is 56.2 Å². The van der Waals surface area contributed by atoms with Gasteiger partial charge >= 0.3 is 0 Å². The summed E-state index contributed by atoms with van der Waals surface area (Å²) in [5.41, 5.74) is -2.71. The summed E-state index contributed by atoms with van der Waals surface area (Å²) in [5, 5.41) is 39.6. The molecule has 4 atom stereocenters. The minimum Gasteiger partial charge on any atom is -0.494 e. The summed E-state index contributed by atoms with van der Waals surface area (Å²) in [4.78, 5) is 0. The molecule has 2 bridgehead atoms. The van der Waals surface area contributed by atoms with Gasteiger partial charge in [-0.25, -0.2) is 0 Å². The Kier molecular flexibility index (Phi) is 5.66. The summed E-state index contributed by atoms with van der Waals surface area (Å²) in [7, 11) is 0. The maximum atomic E-state index is 10.4. The smallest absolute Gasteiger partial charge is 0.244 e. The zero-order valence-electron chi connectivity index (χ0n) is 18.1. The molecule has 0 amide bonds. The van der Waals surface area contributed by atoms with E-state index < -0.39 is 34.5 Å². The van der Waals surface area contributed by atoms with Crippen LogP contribution >= 0.6 is 15.9 Å². The lowest BCUT2D eigenvalue weighted by Gasteiger charge is -2.48. The van der Waals surface area contributed by atoms with Crippen molar-refractivity contribution in [1.82, 2.24) is 0 Å². The number of rotatable bonds is 5. The highest BCUT2D eigenvalue weighted by atomic mass is 79.9. The molecule has 2 heterocycles. The molecule has 0 saturated carbocycles. The molecular formula is C25H21BrN4O3. The molecular weight excluding hydrogens is 484 g/mol. The minimum absolute atomic E-state index is 0.436. The highest BCUT2D eigenvalue weighted by molar-refractivity contribution is 9.10. The molecule has 33 heavy (non-hydrogen) atoms. The van der Waals surface area contributed by atoms with Gasteiger partial charge in [0, 0.05) is 10.0 Å². The van der Waals surface area contributed by atoms with Crippen LogP contribution in [-0.2, 0) is 15.3 Å². The molecule has 1 N–H and O–H groups in total. The summed E-state index contributed by atoms with van der Waals surface area (Å²) in [6.07, 6.45) is -0.285. The van der Waals surface area contributed by atoms with E-state index in [2.05, 4.69) is 34.1 Å². The maximum Gasteiger partial charge on any atom is 0.244 e. The van der Waals surface area contributed by atoms with Crippen molar-refractivity contribution < 1.29 is 14.2 Å². The van der Waals surface area contributed by atoms with Gasteiger partial charge in [0.25, 0.3) is 0 Å². The first kappa shape index (κ1) is 22.8. The zero-order chi connectivity index (χ0) is 23.9. The van der Waals surface area contributed by atoms with Gasteiger partial charge < -0.3 is 14.2 Å². The van der Waals surface area contributed by atoms with E-state index in [1.165, 1.54) is 0 Å². The van der Waals surface area contributed by atoms with Crippen LogP contribution in [0.3, 0.4) is 0 Å². The fourth-order valence-corrected chi connectivity index (χ4v) is 5.07. The number of nitriles is 3. The van der Waals surface area contributed by atoms with Crippen molar-refractivity contribution in [3.05, 3.63) is 64.1 Å². The van der Waals surface area contributed by atoms with Gasteiger partial charge in [0.05, 0.1) is 30.7 Å². The van der Waals surface area contributed by atoms with E-state index >= 15 is 0 Å². The lowest BCUT2D eigenvalue weighted by atomic mass is 9.53. The van der Waals surface area contributed by atoms with Gasteiger partial charge in [-0.1, -0.05) is 54.0 Å². The number of hydrogen-bond acceptors (Lipinski definition) is 7. The van der Waals surface area contributed by atoms with Crippen LogP contribution in [0.2, 0.25) is 0 Å². The van der Waals surface area contributed by atoms with Crippen molar-refractivity contribution >= 4 is 21.8 Å². The number of halogens is 1. The number of ether oxygens (including phenoxy) is 3. The number of fused-ring (bicyclic) bond motifs is 2. The van der Waals surface area contributed by atoms with Crippen LogP contribution in [0.15, 0.2) is 53.0 Å². The molecule has 2 saturated heterocycles. The molecule has 4 rings (SSSR count). The Morgan fingerprint density at radius 2 is 1.67 bits per heavy atom. The maximum absolute atomic E-state index is 10.4. The molecule has 0 spiro atoms. The molecule has 0 aliphatic carbocycles. The first-order valence-corrected chi connectivity index (χ1v) is 11.3. The van der Waals surface area contributed by atoms with E-state index in [0.717, 1.165) is 10.9 Å². The highest BCUT2D eigenvalue weighted by Gasteiger charge is 2.79. The Labute approximate surface area is 200 Å². The first-order valence-electron chi connectivity index (χ1n) is 10.5. The predicted molar refractivity (Wildman–Crippen MR) is 122 cm³/mol. The number of nitrogens with one attached hydrogen (secondary N) is 1. The van der Waals surface area contributed by atoms with Crippen LogP contribution in [0.1, 0.15) is 37.5 Å². The topological polar surface area (TPSA) is 123 Å². The second kappa shape index (κ2) is 8.19. The standard InChI is InChI=1S/C25H21BrN4O3/c1-3-12-31-20-10-4-17(5-11-20)21-23(13-27,14-28)24(15-29)16(2)25(32-21,33-22(24)30)18-6-8-19(26)9-7-18/h4-11,16,21,30H,3,12H2,1-2H3. The summed E-state index contributed by atoms with van der Waals surface area (Å²) < 4.78 is 19.0. The fraction of sp³-hybridized carbons (Fsp3) is 0.360. The molecule has 0 radical (unpaired) electrons. The van der Waals surface area contributed by atoms with E-state index in [1.807, 2.05) is 19.1 Å². The molecule has 8 heteroatoms. The Morgan fingerprint density at radius 1 is 1.03 bits per heavy atom. The second-order valence-electron chi connectivity index (χ2n) is 8.19. The van der Waals surface area contributed by atoms with Crippen LogP contribution in [0.5, 0.6) is 5.75 Å². The molecule has 0 aromatic heterocycles. The van der Waals surface area contributed by atoms with Crippen molar-refractivity contribution in [3.63, 3.8) is 0 Å². The van der Waals surface area contributed by atoms with Gasteiger partial charge in [0.1, 0.15) is 11.9 Å².